The first-order chi connectivity index (χ1) is 32.6. The van der Waals surface area contributed by atoms with Crippen molar-refractivity contribution < 1.29 is 57.8 Å². The molecule has 1 heterocycles. The Morgan fingerprint density at radius 1 is 0.514 bits per heavy atom. The summed E-state index contributed by atoms with van der Waals surface area (Å²) in [6.07, 6.45) is 3.03. The molecule has 8 atom stereocenters. The van der Waals surface area contributed by atoms with Crippen LogP contribution in [-0.4, -0.2) is 113 Å². The van der Waals surface area contributed by atoms with E-state index in [4.69, 9.17) is 10.5 Å². The number of carboxylic acids is 1. The number of nitrogens with two attached hydrogens (primary N) is 1. The molecule has 0 aliphatic carbocycles. The van der Waals surface area contributed by atoms with Gasteiger partial charge in [-0.05, 0) is 74.0 Å². The summed E-state index contributed by atoms with van der Waals surface area (Å²) in [5.74, 6) is -9.94. The van der Waals surface area contributed by atoms with Gasteiger partial charge in [0, 0.05) is 6.42 Å². The fourth-order valence-electron chi connectivity index (χ4n) is 8.02. The van der Waals surface area contributed by atoms with Crippen molar-refractivity contribution in [3.8, 4) is 0 Å². The summed E-state index contributed by atoms with van der Waals surface area (Å²) in [5.41, 5.74) is 5.47. The zero-order chi connectivity index (χ0) is 53.4. The highest BCUT2D eigenvalue weighted by Crippen LogP contribution is 2.19. The lowest BCUT2D eigenvalue weighted by molar-refractivity contribution is -0.156. The van der Waals surface area contributed by atoms with Crippen molar-refractivity contribution in [2.24, 2.45) is 41.2 Å². The molecule has 0 aromatic heterocycles. The van der Waals surface area contributed by atoms with Crippen molar-refractivity contribution in [3.63, 3.8) is 0 Å². The lowest BCUT2D eigenvalue weighted by Gasteiger charge is -2.29. The fraction of sp³-hybridized carbons (Fsp3) is 0.800. The van der Waals surface area contributed by atoms with E-state index in [-0.39, 0.29) is 56.3 Å². The zero-order valence-corrected chi connectivity index (χ0v) is 44.0. The minimum absolute atomic E-state index is 0.0430. The van der Waals surface area contributed by atoms with Crippen LogP contribution in [0.15, 0.2) is 0 Å². The van der Waals surface area contributed by atoms with Gasteiger partial charge in [-0.3, -0.25) is 43.2 Å². The first-order valence-electron chi connectivity index (χ1n) is 25.4. The molecule has 1 saturated heterocycles. The molecule has 1 aliphatic heterocycles. The molecule has 0 bridgehead atoms. The Bertz CT molecular complexity index is 1750. The van der Waals surface area contributed by atoms with Gasteiger partial charge in [-0.2, -0.15) is 0 Å². The summed E-state index contributed by atoms with van der Waals surface area (Å²) in [7, 11) is 0. The van der Waals surface area contributed by atoms with Crippen molar-refractivity contribution in [2.75, 3.05) is 0 Å². The van der Waals surface area contributed by atoms with Gasteiger partial charge in [0.2, 0.25) is 47.3 Å². The Hall–Kier alpha value is -5.30. The third kappa shape index (κ3) is 25.0. The van der Waals surface area contributed by atoms with E-state index in [1.165, 1.54) is 0 Å². The molecular formula is C50H88N8O12. The normalized spacial score (nSPS) is 24.5. The number of rotatable bonds is 21. The molecule has 1 aliphatic rings. The summed E-state index contributed by atoms with van der Waals surface area (Å²) in [5, 5.41) is 28.3. The summed E-state index contributed by atoms with van der Waals surface area (Å²) < 4.78 is 6.00. The second-order valence-electron chi connectivity index (χ2n) is 21.3. The number of aliphatic carboxylic acids is 1. The molecule has 20 heteroatoms. The van der Waals surface area contributed by atoms with E-state index >= 15 is 0 Å². The number of ether oxygens (including phenoxy) is 1. The standard InChI is InChI=1S/C50H88N8O12/c1-27(2)18-16-14-13-15-17-19-33-25-40(60)52-34(20-21-39(51)59)44(63)53-35(22-28(3)4)45(64)54-36(23-29(5)6)47(66)57-42(31(9)10)49(68)56-38(26-41(61)62)46(65)55-37(24-30(7)8)48(67)58-43(32(11)12)50(69)70-33/h27-38,42-43H,13-26H2,1-12H3,(H2,51,59)(H,52,60)(H,53,63)(H,54,64)(H,55,65)(H,56,68)(H,57,66)(H,58,67)(H,61,62). The summed E-state index contributed by atoms with van der Waals surface area (Å²) in [6.45, 7) is 21.7. The third-order valence-electron chi connectivity index (χ3n) is 11.8. The Kier molecular flexibility index (Phi) is 28.5. The number of unbranched alkanes of at least 4 members (excludes halogenated alkanes) is 4. The van der Waals surface area contributed by atoms with Crippen molar-refractivity contribution in [1.82, 2.24) is 37.2 Å². The summed E-state index contributed by atoms with van der Waals surface area (Å²) in [6, 6.07) is -9.50. The van der Waals surface area contributed by atoms with Gasteiger partial charge in [0.1, 0.15) is 48.4 Å². The van der Waals surface area contributed by atoms with Crippen molar-refractivity contribution in [1.29, 1.82) is 0 Å². The molecule has 1 rings (SSSR count). The van der Waals surface area contributed by atoms with E-state index in [0.29, 0.717) is 12.3 Å². The molecule has 20 nitrogen and oxygen atoms in total. The molecule has 0 radical (unpaired) electrons. The molecule has 70 heavy (non-hydrogen) atoms. The number of primary amides is 1. The lowest BCUT2D eigenvalue weighted by Crippen LogP contribution is -2.61. The Balaban J connectivity index is 3.97. The Morgan fingerprint density at radius 3 is 1.37 bits per heavy atom. The number of carbonyl (C=O) groups is 10. The fourth-order valence-corrected chi connectivity index (χ4v) is 8.02. The molecule has 0 saturated carbocycles. The van der Waals surface area contributed by atoms with Gasteiger partial charge in [0.25, 0.3) is 0 Å². The number of hydrogen-bond acceptors (Lipinski definition) is 11. The van der Waals surface area contributed by atoms with Crippen molar-refractivity contribution in [3.05, 3.63) is 0 Å². The summed E-state index contributed by atoms with van der Waals surface area (Å²) >= 11 is 0. The Morgan fingerprint density at radius 2 is 0.929 bits per heavy atom. The average molecular weight is 993 g/mol. The molecular weight excluding hydrogens is 905 g/mol. The second-order valence-corrected chi connectivity index (χ2v) is 21.3. The van der Waals surface area contributed by atoms with E-state index in [9.17, 15) is 53.1 Å². The van der Waals surface area contributed by atoms with Crippen LogP contribution in [0, 0.1) is 35.5 Å². The molecule has 10 N–H and O–H groups in total. The van der Waals surface area contributed by atoms with Crippen LogP contribution in [0.1, 0.15) is 173 Å². The van der Waals surface area contributed by atoms with Crippen LogP contribution in [0.5, 0.6) is 0 Å². The summed E-state index contributed by atoms with van der Waals surface area (Å²) in [4.78, 5) is 136. The van der Waals surface area contributed by atoms with Crippen LogP contribution >= 0.6 is 0 Å². The smallest absolute Gasteiger partial charge is 0.329 e. The predicted octanol–water partition coefficient (Wildman–Crippen LogP) is 3.27. The van der Waals surface area contributed by atoms with Gasteiger partial charge < -0.3 is 52.8 Å². The molecule has 0 spiro atoms. The largest absolute Gasteiger partial charge is 0.481 e. The zero-order valence-electron chi connectivity index (χ0n) is 44.0. The van der Waals surface area contributed by atoms with Gasteiger partial charge in [-0.1, -0.05) is 115 Å². The average Bonchev–Trinajstić information content (AvgIpc) is 3.22. The molecule has 8 unspecified atom stereocenters. The van der Waals surface area contributed by atoms with Crippen molar-refractivity contribution >= 4 is 59.2 Å². The number of amides is 8. The first-order valence-corrected chi connectivity index (χ1v) is 25.4. The highest BCUT2D eigenvalue weighted by molar-refractivity contribution is 5.98. The monoisotopic (exact) mass is 993 g/mol. The molecule has 0 aromatic carbocycles. The minimum Gasteiger partial charge on any atom is -0.481 e. The van der Waals surface area contributed by atoms with Crippen LogP contribution in [0.3, 0.4) is 0 Å². The van der Waals surface area contributed by atoms with Gasteiger partial charge in [-0.15, -0.1) is 0 Å². The van der Waals surface area contributed by atoms with Crippen LogP contribution in [0.2, 0.25) is 0 Å². The van der Waals surface area contributed by atoms with E-state index in [0.717, 1.165) is 32.1 Å². The minimum atomic E-state index is -1.72. The lowest BCUT2D eigenvalue weighted by atomic mass is 9.98. The maximum absolute atomic E-state index is 14.1. The van der Waals surface area contributed by atoms with Crippen LogP contribution in [-0.2, 0) is 52.7 Å². The molecule has 8 amide bonds. The maximum Gasteiger partial charge on any atom is 0.329 e. The van der Waals surface area contributed by atoms with Crippen LogP contribution in [0.4, 0.5) is 0 Å². The first kappa shape index (κ1) is 62.7. The topological polar surface area (TPSA) is 310 Å². The number of esters is 1. The van der Waals surface area contributed by atoms with E-state index in [1.807, 2.05) is 27.7 Å². The van der Waals surface area contributed by atoms with Gasteiger partial charge in [-0.25, -0.2) is 4.79 Å². The molecule has 1 fully saturated rings. The number of carboxylic acid groups (broad SMARTS) is 1. The predicted molar refractivity (Wildman–Crippen MR) is 264 cm³/mol. The number of cyclic esters (lactones) is 1. The van der Waals surface area contributed by atoms with Gasteiger partial charge >= 0.3 is 11.9 Å². The molecule has 0 aromatic rings. The number of hydrogen-bond donors (Lipinski definition) is 9. The molecule has 400 valence electrons. The SMILES string of the molecule is CC(C)CCCCCCCC1CC(=O)NC(CCC(N)=O)C(=O)NC(CC(C)C)C(=O)NC(CC(C)C)C(=O)NC(C(C)C)C(=O)NC(CC(=O)O)C(=O)NC(CC(C)C)C(=O)NC(C(C)C)C(=O)O1. The van der Waals surface area contributed by atoms with E-state index in [2.05, 4.69) is 51.1 Å². The highest BCUT2D eigenvalue weighted by Gasteiger charge is 2.37. The van der Waals surface area contributed by atoms with Crippen LogP contribution in [0.25, 0.3) is 0 Å². The number of carbonyl (C=O) groups excluding carboxylic acids is 9. The quantitative estimate of drug-likeness (QED) is 0.0592. The third-order valence-corrected chi connectivity index (χ3v) is 11.8. The second kappa shape index (κ2) is 31.8. The number of nitrogens with one attached hydrogen (secondary N) is 7. The van der Waals surface area contributed by atoms with Gasteiger partial charge in [0.05, 0.1) is 12.8 Å². The van der Waals surface area contributed by atoms with E-state index < -0.39 is 132 Å². The van der Waals surface area contributed by atoms with Crippen LogP contribution < -0.4 is 43.0 Å². The highest BCUT2D eigenvalue weighted by atomic mass is 16.5. The van der Waals surface area contributed by atoms with E-state index in [1.54, 1.807) is 41.5 Å². The van der Waals surface area contributed by atoms with Gasteiger partial charge in [0.15, 0.2) is 0 Å². The Labute approximate surface area is 415 Å². The maximum atomic E-state index is 14.1. The van der Waals surface area contributed by atoms with Crippen molar-refractivity contribution in [2.45, 2.75) is 221 Å².